The van der Waals surface area contributed by atoms with Gasteiger partial charge >= 0.3 is 12.1 Å². The van der Waals surface area contributed by atoms with Crippen molar-refractivity contribution in [1.29, 1.82) is 0 Å². The van der Waals surface area contributed by atoms with Crippen molar-refractivity contribution >= 4 is 11.8 Å². The minimum atomic E-state index is -4.99. The van der Waals surface area contributed by atoms with Gasteiger partial charge in [0, 0.05) is 6.42 Å². The van der Waals surface area contributed by atoms with Crippen LogP contribution in [-0.4, -0.2) is 18.0 Å². The van der Waals surface area contributed by atoms with Crippen LogP contribution in [0.25, 0.3) is 0 Å². The Labute approximate surface area is 91.5 Å². The highest BCUT2D eigenvalue weighted by molar-refractivity contribution is 5.85. The van der Waals surface area contributed by atoms with Gasteiger partial charge in [-0.1, -0.05) is 20.8 Å². The van der Waals surface area contributed by atoms with Crippen molar-refractivity contribution in [3.05, 3.63) is 0 Å². The molecule has 0 unspecified atom stereocenters. The average molecular weight is 240 g/mol. The molecule has 0 aromatic heterocycles. The van der Waals surface area contributed by atoms with Crippen LogP contribution in [0.3, 0.4) is 0 Å². The Morgan fingerprint density at radius 3 is 1.94 bits per heavy atom. The molecule has 0 fully saturated rings. The Kier molecular flexibility index (Phi) is 4.77. The molecule has 0 saturated heterocycles. The zero-order valence-corrected chi connectivity index (χ0v) is 9.36. The lowest BCUT2D eigenvalue weighted by molar-refractivity contribution is -0.175. The van der Waals surface area contributed by atoms with Crippen LogP contribution in [-0.2, 0) is 9.59 Å². The number of hydrogen-bond donors (Lipinski definition) is 2. The molecular weight excluding hydrogens is 225 g/mol. The van der Waals surface area contributed by atoms with Gasteiger partial charge in [-0.05, 0) is 11.8 Å². The molecule has 0 bridgehead atoms. The van der Waals surface area contributed by atoms with Crippen molar-refractivity contribution in [2.75, 3.05) is 0 Å². The third-order valence-corrected chi connectivity index (χ3v) is 1.67. The number of alkyl halides is 3. The second kappa shape index (κ2) is 5.18. The van der Waals surface area contributed by atoms with Gasteiger partial charge in [0.25, 0.3) is 0 Å². The number of rotatable bonds is 2. The Bertz CT molecular complexity index is 269. The van der Waals surface area contributed by atoms with Gasteiger partial charge in [-0.3, -0.25) is 20.4 Å². The maximum Gasteiger partial charge on any atom is 0.472 e. The van der Waals surface area contributed by atoms with Crippen molar-refractivity contribution < 1.29 is 22.8 Å². The van der Waals surface area contributed by atoms with E-state index >= 15 is 0 Å². The molecule has 94 valence electrons. The molecule has 0 aliphatic heterocycles. The molecular formula is C9H15F3N2O2. The third-order valence-electron chi connectivity index (χ3n) is 1.67. The fraction of sp³-hybridized carbons (Fsp3) is 0.778. The quantitative estimate of drug-likeness (QED) is 0.719. The van der Waals surface area contributed by atoms with E-state index in [2.05, 4.69) is 0 Å². The van der Waals surface area contributed by atoms with Crippen molar-refractivity contribution in [3.63, 3.8) is 0 Å². The van der Waals surface area contributed by atoms with Crippen molar-refractivity contribution in [2.24, 2.45) is 5.41 Å². The molecule has 0 aromatic carbocycles. The van der Waals surface area contributed by atoms with Gasteiger partial charge in [0.05, 0.1) is 0 Å². The first-order valence-corrected chi connectivity index (χ1v) is 4.68. The highest BCUT2D eigenvalue weighted by atomic mass is 19.4. The van der Waals surface area contributed by atoms with Gasteiger partial charge in [0.15, 0.2) is 0 Å². The highest BCUT2D eigenvalue weighted by Crippen LogP contribution is 2.20. The zero-order chi connectivity index (χ0) is 13.0. The molecule has 16 heavy (non-hydrogen) atoms. The van der Waals surface area contributed by atoms with Gasteiger partial charge in [0.2, 0.25) is 5.91 Å². The van der Waals surface area contributed by atoms with Gasteiger partial charge in [-0.15, -0.1) is 0 Å². The smallest absolute Gasteiger partial charge is 0.273 e. The first kappa shape index (κ1) is 14.7. The van der Waals surface area contributed by atoms with Crippen molar-refractivity contribution in [1.82, 2.24) is 10.9 Å². The summed E-state index contributed by atoms with van der Waals surface area (Å²) in [7, 11) is 0. The van der Waals surface area contributed by atoms with Gasteiger partial charge in [-0.25, -0.2) is 0 Å². The lowest BCUT2D eigenvalue weighted by atomic mass is 9.90. The molecule has 0 aliphatic carbocycles. The molecule has 0 aliphatic rings. The van der Waals surface area contributed by atoms with Gasteiger partial charge < -0.3 is 0 Å². The molecule has 0 atom stereocenters. The van der Waals surface area contributed by atoms with E-state index in [1.807, 2.05) is 20.8 Å². The second-order valence-electron chi connectivity index (χ2n) is 4.56. The third kappa shape index (κ3) is 7.08. The standard InChI is InChI=1S/C9H15F3N2O2/c1-8(2,3)5-4-6(15)13-14-7(16)9(10,11)12/h4-5H2,1-3H3,(H,13,15)(H,14,16). The summed E-state index contributed by atoms with van der Waals surface area (Å²) in [4.78, 5) is 21.3. The summed E-state index contributed by atoms with van der Waals surface area (Å²) in [6.45, 7) is 5.69. The lowest BCUT2D eigenvalue weighted by Crippen LogP contribution is -2.47. The molecule has 0 saturated carbocycles. The van der Waals surface area contributed by atoms with E-state index in [-0.39, 0.29) is 11.8 Å². The van der Waals surface area contributed by atoms with E-state index < -0.39 is 18.0 Å². The average Bonchev–Trinajstić information content (AvgIpc) is 2.08. The largest absolute Gasteiger partial charge is 0.472 e. The van der Waals surface area contributed by atoms with E-state index in [1.54, 1.807) is 5.43 Å². The van der Waals surface area contributed by atoms with Crippen LogP contribution >= 0.6 is 0 Å². The molecule has 0 rings (SSSR count). The summed E-state index contributed by atoms with van der Waals surface area (Å²) in [5.74, 6) is -2.83. The Morgan fingerprint density at radius 1 is 1.06 bits per heavy atom. The molecule has 4 nitrogen and oxygen atoms in total. The predicted octanol–water partition coefficient (Wildman–Crippen LogP) is 1.52. The fourth-order valence-corrected chi connectivity index (χ4v) is 0.748. The van der Waals surface area contributed by atoms with E-state index in [4.69, 9.17) is 0 Å². The number of carbonyl (C=O) groups is 2. The molecule has 2 N–H and O–H groups in total. The van der Waals surface area contributed by atoms with Crippen LogP contribution in [0.15, 0.2) is 0 Å². The molecule has 2 amide bonds. The van der Waals surface area contributed by atoms with Crippen LogP contribution in [0.1, 0.15) is 33.6 Å². The molecule has 0 aromatic rings. The van der Waals surface area contributed by atoms with E-state index in [9.17, 15) is 22.8 Å². The van der Waals surface area contributed by atoms with Crippen LogP contribution < -0.4 is 10.9 Å². The summed E-state index contributed by atoms with van der Waals surface area (Å²) >= 11 is 0. The van der Waals surface area contributed by atoms with Crippen molar-refractivity contribution in [2.45, 2.75) is 39.8 Å². The molecule has 0 heterocycles. The maximum atomic E-state index is 11.7. The van der Waals surface area contributed by atoms with Gasteiger partial charge in [-0.2, -0.15) is 13.2 Å². The van der Waals surface area contributed by atoms with E-state index in [0.717, 1.165) is 0 Å². The van der Waals surface area contributed by atoms with E-state index in [0.29, 0.717) is 6.42 Å². The highest BCUT2D eigenvalue weighted by Gasteiger charge is 2.38. The monoisotopic (exact) mass is 240 g/mol. The number of hydrazine groups is 1. The number of carbonyl (C=O) groups excluding carboxylic acids is 2. The normalized spacial score (nSPS) is 12.1. The first-order chi connectivity index (χ1) is 7.02. The Morgan fingerprint density at radius 2 is 1.56 bits per heavy atom. The van der Waals surface area contributed by atoms with Crippen LogP contribution in [0.2, 0.25) is 0 Å². The van der Waals surface area contributed by atoms with Crippen LogP contribution in [0.4, 0.5) is 13.2 Å². The van der Waals surface area contributed by atoms with Crippen LogP contribution in [0, 0.1) is 5.41 Å². The number of hydrogen-bond acceptors (Lipinski definition) is 2. The van der Waals surface area contributed by atoms with E-state index in [1.165, 1.54) is 5.43 Å². The lowest BCUT2D eigenvalue weighted by Gasteiger charge is -2.17. The Hall–Kier alpha value is -1.27. The summed E-state index contributed by atoms with van der Waals surface area (Å²) in [6, 6.07) is 0. The minimum Gasteiger partial charge on any atom is -0.273 e. The summed E-state index contributed by atoms with van der Waals surface area (Å²) in [5.41, 5.74) is 2.91. The number of halogens is 3. The first-order valence-electron chi connectivity index (χ1n) is 4.68. The van der Waals surface area contributed by atoms with Crippen molar-refractivity contribution in [3.8, 4) is 0 Å². The Balaban J connectivity index is 3.88. The minimum absolute atomic E-state index is 0.0572. The molecule has 0 spiro atoms. The fourth-order valence-electron chi connectivity index (χ4n) is 0.748. The second-order valence-corrected chi connectivity index (χ2v) is 4.56. The van der Waals surface area contributed by atoms with Gasteiger partial charge in [0.1, 0.15) is 0 Å². The molecule has 0 radical (unpaired) electrons. The van der Waals surface area contributed by atoms with Crippen LogP contribution in [0.5, 0.6) is 0 Å². The SMILES string of the molecule is CC(C)(C)CCC(=O)NNC(=O)C(F)(F)F. The zero-order valence-electron chi connectivity index (χ0n) is 9.36. The number of nitrogens with one attached hydrogen (secondary N) is 2. The summed E-state index contributed by atoms with van der Waals surface area (Å²) in [5, 5.41) is 0. The topological polar surface area (TPSA) is 58.2 Å². The summed E-state index contributed by atoms with van der Waals surface area (Å²) in [6.07, 6.45) is -4.42. The molecule has 7 heteroatoms. The summed E-state index contributed by atoms with van der Waals surface area (Å²) < 4.78 is 35.1. The predicted molar refractivity (Wildman–Crippen MR) is 51.0 cm³/mol. The maximum absolute atomic E-state index is 11.7. The number of amides is 2.